The smallest absolute Gasteiger partial charge is 0.410 e. The Morgan fingerprint density at radius 1 is 1.12 bits per heavy atom. The van der Waals surface area contributed by atoms with E-state index in [0.717, 1.165) is 38.6 Å². The van der Waals surface area contributed by atoms with Crippen LogP contribution in [0.4, 0.5) is 4.79 Å². The van der Waals surface area contributed by atoms with Crippen LogP contribution in [0.5, 0.6) is 0 Å². The van der Waals surface area contributed by atoms with Gasteiger partial charge in [-0.1, -0.05) is 41.5 Å². The zero-order valence-corrected chi connectivity index (χ0v) is 19.0. The van der Waals surface area contributed by atoms with E-state index in [9.17, 15) is 9.59 Å². The third-order valence-electron chi connectivity index (χ3n) is 2.96. The Hall–Kier alpha value is -1.14. The van der Waals surface area contributed by atoms with E-state index in [4.69, 9.17) is 9.94 Å². The Labute approximate surface area is 162 Å². The molecule has 1 fully saturated rings. The number of ether oxygens (including phenoxy) is 1. The van der Waals surface area contributed by atoms with E-state index < -0.39 is 5.60 Å². The first-order valence-corrected chi connectivity index (χ1v) is 10.1. The average molecular weight is 379 g/mol. The number of rotatable bonds is 3. The number of aldehydes is 1. The number of likely N-dealkylation sites (tertiary alicyclic amines) is 1. The van der Waals surface area contributed by atoms with Crippen molar-refractivity contribution in [2.75, 3.05) is 20.1 Å². The van der Waals surface area contributed by atoms with Crippen LogP contribution >= 0.6 is 0 Å². The quantitative estimate of drug-likeness (QED) is 0.515. The second kappa shape index (κ2) is 23.9. The van der Waals surface area contributed by atoms with E-state index in [1.54, 1.807) is 10.4 Å². The maximum Gasteiger partial charge on any atom is 0.410 e. The SMILES string of the molecule is CC.CC.CC.CC(C)(C)OC(=O)N1CCC(CCC=O)CC1.CNO. The summed E-state index contributed by atoms with van der Waals surface area (Å²) in [6.45, 7) is 19.1. The Balaban J connectivity index is -0.000000231. The van der Waals surface area contributed by atoms with Crippen LogP contribution in [0.1, 0.15) is 88.0 Å². The summed E-state index contributed by atoms with van der Waals surface area (Å²) in [5, 5.41) is 7.32. The lowest BCUT2D eigenvalue weighted by Crippen LogP contribution is -2.41. The third-order valence-corrected chi connectivity index (χ3v) is 2.96. The number of piperidine rings is 1. The molecule has 0 aromatic rings. The van der Waals surface area contributed by atoms with Gasteiger partial charge in [0.05, 0.1) is 0 Å². The van der Waals surface area contributed by atoms with Gasteiger partial charge in [-0.25, -0.2) is 10.3 Å². The molecule has 160 valence electrons. The second-order valence-corrected chi connectivity index (χ2v) is 5.88. The Morgan fingerprint density at radius 3 is 1.81 bits per heavy atom. The van der Waals surface area contributed by atoms with Crippen molar-refractivity contribution in [3.63, 3.8) is 0 Å². The van der Waals surface area contributed by atoms with Crippen molar-refractivity contribution in [3.05, 3.63) is 0 Å². The minimum atomic E-state index is -0.425. The van der Waals surface area contributed by atoms with Gasteiger partial charge in [-0.05, 0) is 46.0 Å². The number of nitrogens with zero attached hydrogens (tertiary/aromatic N) is 1. The van der Waals surface area contributed by atoms with Crippen molar-refractivity contribution in [3.8, 4) is 0 Å². The van der Waals surface area contributed by atoms with E-state index in [1.165, 1.54) is 7.05 Å². The first-order valence-electron chi connectivity index (χ1n) is 10.1. The number of amides is 1. The first-order chi connectivity index (χ1) is 12.3. The summed E-state index contributed by atoms with van der Waals surface area (Å²) < 4.78 is 5.32. The lowest BCUT2D eigenvalue weighted by molar-refractivity contribution is -0.108. The highest BCUT2D eigenvalue weighted by Crippen LogP contribution is 2.22. The molecule has 1 heterocycles. The Kier molecular flexibility index (Phi) is 29.8. The number of hydrogen-bond donors (Lipinski definition) is 2. The van der Waals surface area contributed by atoms with Crippen LogP contribution in [-0.4, -0.2) is 48.2 Å². The summed E-state index contributed by atoms with van der Waals surface area (Å²) in [4.78, 5) is 23.8. The lowest BCUT2D eigenvalue weighted by Gasteiger charge is -2.33. The molecule has 0 aromatic carbocycles. The van der Waals surface area contributed by atoms with Gasteiger partial charge in [0.25, 0.3) is 0 Å². The summed E-state index contributed by atoms with van der Waals surface area (Å²) in [6, 6.07) is 0. The van der Waals surface area contributed by atoms with Gasteiger partial charge in [0.1, 0.15) is 11.9 Å². The van der Waals surface area contributed by atoms with E-state index in [1.807, 2.05) is 62.3 Å². The number of nitrogens with one attached hydrogen (secondary N) is 1. The molecule has 0 unspecified atom stereocenters. The van der Waals surface area contributed by atoms with Crippen LogP contribution in [0.25, 0.3) is 0 Å². The van der Waals surface area contributed by atoms with Crippen LogP contribution in [-0.2, 0) is 9.53 Å². The van der Waals surface area contributed by atoms with Gasteiger partial charge in [0.15, 0.2) is 0 Å². The van der Waals surface area contributed by atoms with Crippen molar-refractivity contribution in [2.45, 2.75) is 93.6 Å². The fraction of sp³-hybridized carbons (Fsp3) is 0.900. The highest BCUT2D eigenvalue weighted by Gasteiger charge is 2.26. The largest absolute Gasteiger partial charge is 0.444 e. The number of carbonyl (C=O) groups is 2. The second-order valence-electron chi connectivity index (χ2n) is 5.88. The van der Waals surface area contributed by atoms with Crippen molar-refractivity contribution in [2.24, 2.45) is 5.92 Å². The number of hydrogen-bond acceptors (Lipinski definition) is 5. The standard InChI is InChI=1S/C13H23NO3.3C2H6.CH5NO/c1-13(2,3)17-12(16)14-8-6-11(7-9-14)5-4-10-15;3*1-2;1-2-3/h10-11H,4-9H2,1-3H3;3*1-2H3;2-3H,1H3. The molecule has 1 rings (SSSR count). The van der Waals surface area contributed by atoms with Gasteiger partial charge < -0.3 is 19.6 Å². The summed E-state index contributed by atoms with van der Waals surface area (Å²) in [6.07, 6.45) is 4.30. The maximum absolute atomic E-state index is 11.8. The summed E-state index contributed by atoms with van der Waals surface area (Å²) >= 11 is 0. The summed E-state index contributed by atoms with van der Waals surface area (Å²) in [5.74, 6) is 0.582. The minimum Gasteiger partial charge on any atom is -0.444 e. The molecule has 0 aliphatic carbocycles. The zero-order chi connectivity index (χ0) is 21.6. The molecule has 0 bridgehead atoms. The predicted molar refractivity (Wildman–Crippen MR) is 111 cm³/mol. The van der Waals surface area contributed by atoms with Gasteiger partial charge in [-0.3, -0.25) is 0 Å². The highest BCUT2D eigenvalue weighted by molar-refractivity contribution is 5.68. The molecule has 2 N–H and O–H groups in total. The van der Waals surface area contributed by atoms with Crippen LogP contribution < -0.4 is 5.48 Å². The average Bonchev–Trinajstić information content (AvgIpc) is 2.65. The van der Waals surface area contributed by atoms with E-state index in [0.29, 0.717) is 12.3 Å². The molecule has 1 amide bonds. The van der Waals surface area contributed by atoms with Crippen molar-refractivity contribution < 1.29 is 19.5 Å². The van der Waals surface area contributed by atoms with E-state index >= 15 is 0 Å². The lowest BCUT2D eigenvalue weighted by atomic mass is 9.93. The van der Waals surface area contributed by atoms with E-state index in [-0.39, 0.29) is 6.09 Å². The summed E-state index contributed by atoms with van der Waals surface area (Å²) in [5.41, 5.74) is 1.32. The molecular formula is C20H46N2O4. The monoisotopic (exact) mass is 378 g/mol. The molecule has 26 heavy (non-hydrogen) atoms. The maximum atomic E-state index is 11.8. The normalized spacial score (nSPS) is 13.1. The Morgan fingerprint density at radius 2 is 1.50 bits per heavy atom. The molecule has 0 saturated carbocycles. The highest BCUT2D eigenvalue weighted by atomic mass is 16.6. The van der Waals surface area contributed by atoms with Gasteiger partial charge in [0.2, 0.25) is 0 Å². The number of carbonyl (C=O) groups excluding carboxylic acids is 2. The van der Waals surface area contributed by atoms with Crippen molar-refractivity contribution in [1.82, 2.24) is 10.4 Å². The molecule has 0 radical (unpaired) electrons. The van der Waals surface area contributed by atoms with Gasteiger partial charge in [-0.15, -0.1) is 0 Å². The van der Waals surface area contributed by atoms with Gasteiger partial charge in [0, 0.05) is 26.6 Å². The van der Waals surface area contributed by atoms with Crippen LogP contribution in [0, 0.1) is 5.92 Å². The van der Waals surface area contributed by atoms with Crippen LogP contribution in [0.15, 0.2) is 0 Å². The van der Waals surface area contributed by atoms with Crippen molar-refractivity contribution >= 4 is 12.4 Å². The Bertz CT molecular complexity index is 284. The van der Waals surface area contributed by atoms with Gasteiger partial charge in [-0.2, -0.15) is 0 Å². The number of hydroxylamine groups is 1. The molecular weight excluding hydrogens is 332 g/mol. The molecule has 0 atom stereocenters. The minimum absolute atomic E-state index is 0.216. The third kappa shape index (κ3) is 22.9. The van der Waals surface area contributed by atoms with Crippen molar-refractivity contribution in [1.29, 1.82) is 0 Å². The molecule has 1 aliphatic rings. The zero-order valence-electron chi connectivity index (χ0n) is 19.0. The topological polar surface area (TPSA) is 78.9 Å². The molecule has 0 aromatic heterocycles. The molecule has 6 heteroatoms. The van der Waals surface area contributed by atoms with Crippen LogP contribution in [0.2, 0.25) is 0 Å². The molecule has 6 nitrogen and oxygen atoms in total. The summed E-state index contributed by atoms with van der Waals surface area (Å²) in [7, 11) is 1.43. The molecule has 1 saturated heterocycles. The fourth-order valence-electron chi connectivity index (χ4n) is 2.03. The molecule has 0 spiro atoms. The fourth-order valence-corrected chi connectivity index (χ4v) is 2.03. The first kappa shape index (κ1) is 32.5. The van der Waals surface area contributed by atoms with Crippen LogP contribution in [0.3, 0.4) is 0 Å². The molecule has 1 aliphatic heterocycles. The predicted octanol–water partition coefficient (Wildman–Crippen LogP) is 5.29. The van der Waals surface area contributed by atoms with Gasteiger partial charge >= 0.3 is 6.09 Å². The van der Waals surface area contributed by atoms with E-state index in [2.05, 4.69) is 0 Å².